The molecule has 3 heteroatoms. The predicted octanol–water partition coefficient (Wildman–Crippen LogP) is 2.02. The maximum absolute atomic E-state index is 10.7. The molecule has 0 spiro atoms. The highest BCUT2D eigenvalue weighted by atomic mass is 35.5. The molecule has 13 heavy (non-hydrogen) atoms. The van der Waals surface area contributed by atoms with Gasteiger partial charge in [-0.1, -0.05) is 23.8 Å². The average molecular weight is 194 g/mol. The Morgan fingerprint density at radius 3 is 3.00 bits per heavy atom. The molecule has 0 aromatic heterocycles. The highest BCUT2D eigenvalue weighted by molar-refractivity contribution is 6.32. The SMILES string of the molecule is N#C/C(Cl)=C1\CC2C=CC1C2C=O. The molecular weight excluding hydrogens is 186 g/mol. The number of allylic oxidation sites excluding steroid dienone is 4. The number of hydrogen-bond acceptors (Lipinski definition) is 2. The molecule has 0 aromatic carbocycles. The number of nitrogens with zero attached hydrogens (tertiary/aromatic N) is 1. The molecule has 0 radical (unpaired) electrons. The van der Waals surface area contributed by atoms with Gasteiger partial charge in [-0.05, 0) is 17.9 Å². The van der Waals surface area contributed by atoms with Crippen LogP contribution in [-0.4, -0.2) is 6.29 Å². The van der Waals surface area contributed by atoms with E-state index in [0.717, 1.165) is 18.3 Å². The van der Waals surface area contributed by atoms with E-state index >= 15 is 0 Å². The number of nitriles is 1. The summed E-state index contributed by atoms with van der Waals surface area (Å²) in [5.41, 5.74) is 0.939. The van der Waals surface area contributed by atoms with E-state index in [1.54, 1.807) is 0 Å². The first-order valence-corrected chi connectivity index (χ1v) is 4.58. The van der Waals surface area contributed by atoms with E-state index in [-0.39, 0.29) is 22.8 Å². The highest BCUT2D eigenvalue weighted by Crippen LogP contribution is 2.48. The largest absolute Gasteiger partial charge is 0.303 e. The summed E-state index contributed by atoms with van der Waals surface area (Å²) in [4.78, 5) is 10.7. The summed E-state index contributed by atoms with van der Waals surface area (Å²) in [6.07, 6.45) is 5.79. The summed E-state index contributed by atoms with van der Waals surface area (Å²) >= 11 is 5.76. The fourth-order valence-electron chi connectivity index (χ4n) is 2.22. The van der Waals surface area contributed by atoms with Crippen molar-refractivity contribution >= 4 is 17.9 Å². The predicted molar refractivity (Wildman–Crippen MR) is 48.8 cm³/mol. The lowest BCUT2D eigenvalue weighted by molar-refractivity contribution is -0.111. The third-order valence-electron chi connectivity index (χ3n) is 2.87. The van der Waals surface area contributed by atoms with Crippen molar-refractivity contribution in [3.05, 3.63) is 22.8 Å². The van der Waals surface area contributed by atoms with Gasteiger partial charge in [0.2, 0.25) is 0 Å². The standard InChI is InChI=1S/C10H8ClNO/c11-10(4-12)8-3-6-1-2-7(8)9(6)5-13/h1-2,5-7,9H,3H2/b10-8-. The van der Waals surface area contributed by atoms with Crippen molar-refractivity contribution in [3.8, 4) is 6.07 Å². The van der Waals surface area contributed by atoms with E-state index in [9.17, 15) is 4.79 Å². The summed E-state index contributed by atoms with van der Waals surface area (Å²) in [6.45, 7) is 0. The smallest absolute Gasteiger partial charge is 0.124 e. The van der Waals surface area contributed by atoms with Crippen LogP contribution in [0.5, 0.6) is 0 Å². The molecule has 2 nitrogen and oxygen atoms in total. The highest BCUT2D eigenvalue weighted by Gasteiger charge is 2.42. The topological polar surface area (TPSA) is 40.9 Å². The minimum atomic E-state index is 0.0251. The number of rotatable bonds is 1. The third-order valence-corrected chi connectivity index (χ3v) is 3.20. The number of carbonyl (C=O) groups excluding carboxylic acids is 1. The van der Waals surface area contributed by atoms with Crippen molar-refractivity contribution in [2.24, 2.45) is 17.8 Å². The quantitative estimate of drug-likeness (QED) is 0.363. The van der Waals surface area contributed by atoms with Crippen LogP contribution in [0.1, 0.15) is 6.42 Å². The van der Waals surface area contributed by atoms with E-state index in [1.165, 1.54) is 0 Å². The first-order valence-electron chi connectivity index (χ1n) is 4.20. The second-order valence-electron chi connectivity index (χ2n) is 3.44. The Morgan fingerprint density at radius 2 is 2.46 bits per heavy atom. The zero-order chi connectivity index (χ0) is 9.42. The van der Waals surface area contributed by atoms with Crippen molar-refractivity contribution in [2.45, 2.75) is 6.42 Å². The van der Waals surface area contributed by atoms with Gasteiger partial charge in [0.15, 0.2) is 0 Å². The minimum Gasteiger partial charge on any atom is -0.303 e. The first-order chi connectivity index (χ1) is 6.27. The van der Waals surface area contributed by atoms with Crippen LogP contribution >= 0.6 is 11.6 Å². The number of hydrogen-bond donors (Lipinski definition) is 0. The van der Waals surface area contributed by atoms with Gasteiger partial charge in [0, 0.05) is 11.8 Å². The van der Waals surface area contributed by atoms with E-state index < -0.39 is 0 Å². The molecule has 0 aliphatic heterocycles. The van der Waals surface area contributed by atoms with Crippen molar-refractivity contribution in [1.29, 1.82) is 5.26 Å². The molecule has 3 atom stereocenters. The molecule has 2 aliphatic carbocycles. The Bertz CT molecular complexity index is 350. The summed E-state index contributed by atoms with van der Waals surface area (Å²) in [6, 6.07) is 1.93. The molecule has 0 aromatic rings. The van der Waals surface area contributed by atoms with Gasteiger partial charge in [-0.15, -0.1) is 0 Å². The fourth-order valence-corrected chi connectivity index (χ4v) is 2.42. The van der Waals surface area contributed by atoms with Gasteiger partial charge in [-0.3, -0.25) is 0 Å². The van der Waals surface area contributed by atoms with Gasteiger partial charge in [-0.2, -0.15) is 5.26 Å². The van der Waals surface area contributed by atoms with E-state index in [2.05, 4.69) is 6.08 Å². The summed E-state index contributed by atoms with van der Waals surface area (Å²) in [7, 11) is 0. The number of carbonyl (C=O) groups is 1. The normalized spacial score (nSPS) is 38.9. The number of fused-ring (bicyclic) bond motifs is 2. The van der Waals surface area contributed by atoms with Crippen LogP contribution in [0.15, 0.2) is 22.8 Å². The van der Waals surface area contributed by atoms with E-state index in [1.807, 2.05) is 12.1 Å². The number of halogens is 1. The number of aldehydes is 1. The van der Waals surface area contributed by atoms with Crippen LogP contribution in [-0.2, 0) is 4.79 Å². The Hall–Kier alpha value is -1.07. The zero-order valence-corrected chi connectivity index (χ0v) is 7.66. The fraction of sp³-hybridized carbons (Fsp3) is 0.400. The molecule has 1 saturated carbocycles. The molecule has 0 saturated heterocycles. The lowest BCUT2D eigenvalue weighted by Crippen LogP contribution is -2.08. The van der Waals surface area contributed by atoms with Crippen LogP contribution < -0.4 is 0 Å². The molecule has 1 fully saturated rings. The Labute approximate surface area is 81.5 Å². The molecular formula is C10H8ClNO. The molecule has 66 valence electrons. The van der Waals surface area contributed by atoms with Crippen LogP contribution in [0.25, 0.3) is 0 Å². The second-order valence-corrected chi connectivity index (χ2v) is 3.82. The Balaban J connectivity index is 2.38. The van der Waals surface area contributed by atoms with Gasteiger partial charge in [0.1, 0.15) is 17.4 Å². The van der Waals surface area contributed by atoms with Crippen molar-refractivity contribution in [3.63, 3.8) is 0 Å². The van der Waals surface area contributed by atoms with Gasteiger partial charge >= 0.3 is 0 Å². The second kappa shape index (κ2) is 3.01. The monoisotopic (exact) mass is 193 g/mol. The van der Waals surface area contributed by atoms with Gasteiger partial charge in [0.25, 0.3) is 0 Å². The van der Waals surface area contributed by atoms with Gasteiger partial charge in [-0.25, -0.2) is 0 Å². The maximum atomic E-state index is 10.7. The molecule has 0 heterocycles. The molecule has 2 rings (SSSR count). The lowest BCUT2D eigenvalue weighted by Gasteiger charge is -2.07. The molecule has 2 bridgehead atoms. The van der Waals surface area contributed by atoms with Crippen LogP contribution in [0.3, 0.4) is 0 Å². The summed E-state index contributed by atoms with van der Waals surface area (Å²) < 4.78 is 0. The van der Waals surface area contributed by atoms with E-state index in [4.69, 9.17) is 16.9 Å². The van der Waals surface area contributed by atoms with Crippen LogP contribution in [0.2, 0.25) is 0 Å². The van der Waals surface area contributed by atoms with Crippen molar-refractivity contribution < 1.29 is 4.79 Å². The van der Waals surface area contributed by atoms with Crippen molar-refractivity contribution in [1.82, 2.24) is 0 Å². The summed E-state index contributed by atoms with van der Waals surface area (Å²) in [5.74, 6) is 0.395. The van der Waals surface area contributed by atoms with Gasteiger partial charge in [0.05, 0.1) is 0 Å². The molecule has 2 aliphatic rings. The third kappa shape index (κ3) is 1.12. The Kier molecular flexibility index (Phi) is 1.97. The van der Waals surface area contributed by atoms with Gasteiger partial charge < -0.3 is 4.79 Å². The molecule has 3 unspecified atom stereocenters. The van der Waals surface area contributed by atoms with Crippen LogP contribution in [0, 0.1) is 29.1 Å². The summed E-state index contributed by atoms with van der Waals surface area (Å²) in [5, 5.41) is 8.90. The lowest BCUT2D eigenvalue weighted by atomic mass is 9.97. The zero-order valence-electron chi connectivity index (χ0n) is 6.90. The maximum Gasteiger partial charge on any atom is 0.124 e. The molecule has 0 amide bonds. The van der Waals surface area contributed by atoms with E-state index in [0.29, 0.717) is 0 Å². The molecule has 0 N–H and O–H groups in total. The minimum absolute atomic E-state index is 0.0251. The Morgan fingerprint density at radius 1 is 1.69 bits per heavy atom. The van der Waals surface area contributed by atoms with Crippen molar-refractivity contribution in [2.75, 3.05) is 0 Å². The first kappa shape index (κ1) is 8.52. The average Bonchev–Trinajstić information content (AvgIpc) is 2.72. The van der Waals surface area contributed by atoms with Crippen LogP contribution in [0.4, 0.5) is 0 Å².